The van der Waals surface area contributed by atoms with E-state index >= 15 is 0 Å². The molecule has 8 rings (SSSR count). The van der Waals surface area contributed by atoms with Gasteiger partial charge in [-0.3, -0.25) is 19.2 Å². The summed E-state index contributed by atoms with van der Waals surface area (Å²) < 4.78 is 19.1. The first kappa shape index (κ1) is 33.3. The van der Waals surface area contributed by atoms with Gasteiger partial charge in [-0.1, -0.05) is 42.5 Å². The van der Waals surface area contributed by atoms with Gasteiger partial charge in [-0.2, -0.15) is 5.10 Å². The van der Waals surface area contributed by atoms with Crippen molar-refractivity contribution in [3.8, 4) is 28.4 Å². The molecule has 1 fully saturated rings. The fraction of sp³-hybridized carbons (Fsp3) is 0.256. The second-order valence-corrected chi connectivity index (χ2v) is 12.7. The van der Waals surface area contributed by atoms with E-state index < -0.39 is 12.1 Å². The first-order valence-electron chi connectivity index (χ1n) is 16.7. The van der Waals surface area contributed by atoms with Gasteiger partial charge >= 0.3 is 0 Å². The van der Waals surface area contributed by atoms with E-state index in [-0.39, 0.29) is 56.1 Å². The van der Waals surface area contributed by atoms with E-state index in [0.717, 1.165) is 27.6 Å². The van der Waals surface area contributed by atoms with Crippen molar-refractivity contribution in [1.29, 1.82) is 0 Å². The average molecular weight is 688 g/mol. The highest BCUT2D eigenvalue weighted by Gasteiger charge is 2.39. The minimum Gasteiger partial charge on any atom is -0.493 e. The lowest BCUT2D eigenvalue weighted by Crippen LogP contribution is -2.45. The van der Waals surface area contributed by atoms with Crippen LogP contribution in [0.5, 0.6) is 17.2 Å². The number of fused-ring (bicyclic) bond motifs is 8. The molecule has 5 aromatic rings. The van der Waals surface area contributed by atoms with Crippen LogP contribution < -0.4 is 30.4 Å². The Kier molecular flexibility index (Phi) is 9.14. The first-order valence-corrected chi connectivity index (χ1v) is 16.7. The van der Waals surface area contributed by atoms with Crippen LogP contribution in [0.4, 0.5) is 0 Å². The number of nitrogens with zero attached hydrogens (tertiary/aromatic N) is 3. The maximum Gasteiger partial charge on any atom is 0.275 e. The molecule has 12 nitrogen and oxygen atoms in total. The van der Waals surface area contributed by atoms with E-state index in [1.54, 1.807) is 54.3 Å². The molecule has 3 amide bonds. The Morgan fingerprint density at radius 2 is 1.75 bits per heavy atom. The van der Waals surface area contributed by atoms with Gasteiger partial charge in [0.25, 0.3) is 17.4 Å². The SMILES string of the molecule is COc1cc2ccc1O[C@H]1CN(C(=O)Cn3nc(C)c4ccccc4c3=O)C[C@@H]1NC(=O)c1ccc(C)c(c1)-c1cccc(c1)OCC(=O)NC2. The Hall–Kier alpha value is -6.17. The summed E-state index contributed by atoms with van der Waals surface area (Å²) in [5, 5.41) is 11.6. The Morgan fingerprint density at radius 3 is 2.57 bits per heavy atom. The van der Waals surface area contributed by atoms with Crippen LogP contribution in [0, 0.1) is 13.8 Å². The molecule has 0 spiro atoms. The summed E-state index contributed by atoms with van der Waals surface area (Å²) in [5.74, 6) is 0.372. The molecule has 4 aromatic carbocycles. The normalized spacial score (nSPS) is 17.5. The van der Waals surface area contributed by atoms with E-state index in [1.165, 1.54) is 11.8 Å². The number of amides is 3. The van der Waals surface area contributed by atoms with Gasteiger partial charge in [0, 0.05) is 24.0 Å². The summed E-state index contributed by atoms with van der Waals surface area (Å²) in [5.41, 5.74) is 4.08. The average Bonchev–Trinajstić information content (AvgIpc) is 3.54. The predicted octanol–water partition coefficient (Wildman–Crippen LogP) is 3.79. The third-order valence-corrected chi connectivity index (χ3v) is 9.28. The minimum absolute atomic E-state index is 0.137. The number of methoxy groups -OCH3 is 1. The van der Waals surface area contributed by atoms with Crippen LogP contribution in [-0.2, 0) is 22.7 Å². The number of ether oxygens (including phenoxy) is 3. The molecule has 3 aliphatic rings. The highest BCUT2D eigenvalue weighted by Crippen LogP contribution is 2.32. The number of rotatable bonds is 3. The highest BCUT2D eigenvalue weighted by molar-refractivity contribution is 5.96. The molecule has 0 unspecified atom stereocenters. The molecule has 260 valence electrons. The maximum absolute atomic E-state index is 13.9. The fourth-order valence-electron chi connectivity index (χ4n) is 6.54. The second kappa shape index (κ2) is 14.0. The number of aryl methyl sites for hydroxylation is 2. The van der Waals surface area contributed by atoms with Crippen molar-refractivity contribution < 1.29 is 28.6 Å². The zero-order chi connectivity index (χ0) is 35.6. The number of likely N-dealkylation sites (tertiary alicyclic amines) is 1. The van der Waals surface area contributed by atoms with Gasteiger partial charge in [0.1, 0.15) is 18.4 Å². The minimum atomic E-state index is -0.662. The van der Waals surface area contributed by atoms with E-state index in [4.69, 9.17) is 14.2 Å². The molecule has 12 heteroatoms. The Bertz CT molecular complexity index is 2230. The summed E-state index contributed by atoms with van der Waals surface area (Å²) in [7, 11) is 1.51. The molecule has 1 saturated heterocycles. The third-order valence-electron chi connectivity index (χ3n) is 9.28. The molecule has 51 heavy (non-hydrogen) atoms. The second-order valence-electron chi connectivity index (χ2n) is 12.7. The van der Waals surface area contributed by atoms with Crippen LogP contribution in [0.2, 0.25) is 0 Å². The quantitative estimate of drug-likeness (QED) is 0.292. The standard InChI is InChI=1S/C39H37N5O7/c1-23-11-13-27-17-31(23)26-7-6-8-28(16-26)50-22-36(45)40-18-25-12-14-33(34(15-25)49-3)51-35-20-43(19-32(35)41-38(27)47)37(46)21-44-39(48)30-10-5-4-9-29(30)24(2)42-44/h4-17,32,35H,18-22H2,1-3H3,(H,40,45)(H,41,47)/t32-,35-/m0/s1. The molecule has 0 saturated carbocycles. The molecule has 1 aromatic heterocycles. The van der Waals surface area contributed by atoms with Crippen molar-refractivity contribution >= 4 is 28.5 Å². The van der Waals surface area contributed by atoms with Crippen LogP contribution in [0.3, 0.4) is 0 Å². The van der Waals surface area contributed by atoms with Crippen LogP contribution in [-0.4, -0.2) is 71.4 Å². The monoisotopic (exact) mass is 687 g/mol. The zero-order valence-electron chi connectivity index (χ0n) is 28.5. The van der Waals surface area contributed by atoms with Crippen LogP contribution in [0.25, 0.3) is 21.9 Å². The molecule has 3 aliphatic heterocycles. The number of nitrogens with one attached hydrogen (secondary N) is 2. The fourth-order valence-corrected chi connectivity index (χ4v) is 6.54. The van der Waals surface area contributed by atoms with Crippen LogP contribution in [0.15, 0.2) is 89.7 Å². The van der Waals surface area contributed by atoms with E-state index in [2.05, 4.69) is 15.7 Å². The summed E-state index contributed by atoms with van der Waals surface area (Å²) >= 11 is 0. The van der Waals surface area contributed by atoms with Gasteiger partial charge in [-0.05, 0) is 78.6 Å². The van der Waals surface area contributed by atoms with Gasteiger partial charge in [0.15, 0.2) is 18.1 Å². The lowest BCUT2D eigenvalue weighted by molar-refractivity contribution is -0.131. The number of aromatic nitrogens is 2. The lowest BCUT2D eigenvalue weighted by Gasteiger charge is -2.23. The zero-order valence-corrected chi connectivity index (χ0v) is 28.5. The Balaban J connectivity index is 1.21. The molecule has 6 bridgehead atoms. The summed E-state index contributed by atoms with van der Waals surface area (Å²) in [4.78, 5) is 55.2. The lowest BCUT2D eigenvalue weighted by atomic mass is 9.97. The summed E-state index contributed by atoms with van der Waals surface area (Å²) in [6.45, 7) is 3.82. The highest BCUT2D eigenvalue weighted by atomic mass is 16.5. The first-order chi connectivity index (χ1) is 24.7. The molecular weight excluding hydrogens is 650 g/mol. The van der Waals surface area contributed by atoms with Gasteiger partial charge in [0.2, 0.25) is 5.91 Å². The van der Waals surface area contributed by atoms with Crippen molar-refractivity contribution in [3.63, 3.8) is 0 Å². The van der Waals surface area contributed by atoms with E-state index in [9.17, 15) is 19.2 Å². The van der Waals surface area contributed by atoms with Crippen molar-refractivity contribution in [2.45, 2.75) is 39.1 Å². The van der Waals surface area contributed by atoms with Gasteiger partial charge in [0.05, 0.1) is 30.8 Å². The number of benzene rings is 4. The van der Waals surface area contributed by atoms with Crippen molar-refractivity contribution in [1.82, 2.24) is 25.3 Å². The molecule has 0 radical (unpaired) electrons. The number of carbonyl (C=O) groups is 3. The number of carbonyl (C=O) groups excluding carboxylic acids is 3. The predicted molar refractivity (Wildman–Crippen MR) is 190 cm³/mol. The topological polar surface area (TPSA) is 141 Å². The number of hydrogen-bond donors (Lipinski definition) is 2. The molecular formula is C39H37N5O7. The van der Waals surface area contributed by atoms with Crippen molar-refractivity contribution in [3.05, 3.63) is 118 Å². The van der Waals surface area contributed by atoms with Crippen molar-refractivity contribution in [2.24, 2.45) is 0 Å². The third kappa shape index (κ3) is 6.98. The van der Waals surface area contributed by atoms with Crippen LogP contribution >= 0.6 is 0 Å². The van der Waals surface area contributed by atoms with Crippen LogP contribution in [0.1, 0.15) is 27.2 Å². The van der Waals surface area contributed by atoms with E-state index in [0.29, 0.717) is 33.9 Å². The molecule has 4 heterocycles. The van der Waals surface area contributed by atoms with Gasteiger partial charge in [-0.15, -0.1) is 0 Å². The van der Waals surface area contributed by atoms with Crippen molar-refractivity contribution in [2.75, 3.05) is 26.8 Å². The summed E-state index contributed by atoms with van der Waals surface area (Å²) in [6, 6.07) is 24.7. The number of hydrogen-bond acceptors (Lipinski definition) is 8. The largest absolute Gasteiger partial charge is 0.493 e. The molecule has 2 N–H and O–H groups in total. The molecule has 0 aliphatic carbocycles. The Morgan fingerprint density at radius 1 is 0.922 bits per heavy atom. The smallest absolute Gasteiger partial charge is 0.275 e. The Labute approximate surface area is 293 Å². The maximum atomic E-state index is 13.9. The van der Waals surface area contributed by atoms with Gasteiger partial charge in [-0.25, -0.2) is 4.68 Å². The van der Waals surface area contributed by atoms with Gasteiger partial charge < -0.3 is 29.7 Å². The summed E-state index contributed by atoms with van der Waals surface area (Å²) in [6.07, 6.45) is -0.662. The molecule has 2 atom stereocenters. The van der Waals surface area contributed by atoms with E-state index in [1.807, 2.05) is 49.4 Å².